The van der Waals surface area contributed by atoms with Crippen LogP contribution in [-0.2, 0) is 0 Å². The summed E-state index contributed by atoms with van der Waals surface area (Å²) in [4.78, 5) is 19.7. The van der Waals surface area contributed by atoms with Crippen LogP contribution in [0.5, 0.6) is 0 Å². The maximum Gasteiger partial charge on any atom is 0.163 e. The van der Waals surface area contributed by atoms with Gasteiger partial charge in [0.2, 0.25) is 0 Å². The minimum Gasteiger partial charge on any atom is -0.368 e. The Hall–Kier alpha value is -2.43. The van der Waals surface area contributed by atoms with Crippen molar-refractivity contribution in [3.8, 4) is 0 Å². The molecule has 19 heavy (non-hydrogen) atoms. The van der Waals surface area contributed by atoms with E-state index in [4.69, 9.17) is 0 Å². The summed E-state index contributed by atoms with van der Waals surface area (Å²) in [6.45, 7) is 2.90. The highest BCUT2D eigenvalue weighted by atomic mass is 16.1. The zero-order valence-corrected chi connectivity index (χ0v) is 10.8. The lowest BCUT2D eigenvalue weighted by atomic mass is 10.2. The number of nitrogens with one attached hydrogen (secondary N) is 2. The molecule has 0 radical (unpaired) electrons. The molecule has 0 saturated carbocycles. The van der Waals surface area contributed by atoms with Gasteiger partial charge in [-0.15, -0.1) is 0 Å². The molecule has 0 aromatic carbocycles. The summed E-state index contributed by atoms with van der Waals surface area (Å²) in [6, 6.07) is 9.23. The lowest BCUT2D eigenvalue weighted by Gasteiger charge is -2.09. The molecule has 2 aromatic rings. The van der Waals surface area contributed by atoms with Crippen LogP contribution in [0.3, 0.4) is 0 Å². The summed E-state index contributed by atoms with van der Waals surface area (Å²) >= 11 is 0. The Morgan fingerprint density at radius 3 is 2.58 bits per heavy atom. The second-order valence-electron chi connectivity index (χ2n) is 4.02. The minimum absolute atomic E-state index is 0.00767. The number of hydrogen-bond donors (Lipinski definition) is 2. The summed E-state index contributed by atoms with van der Waals surface area (Å²) in [5.74, 6) is 1.46. The fourth-order valence-corrected chi connectivity index (χ4v) is 1.67. The van der Waals surface area contributed by atoms with Crippen molar-refractivity contribution in [2.45, 2.75) is 6.92 Å². The molecular weight excluding hydrogens is 240 g/mol. The fourth-order valence-electron chi connectivity index (χ4n) is 1.67. The molecular formula is C14H16N4O. The van der Waals surface area contributed by atoms with Gasteiger partial charge in [-0.25, -0.2) is 9.97 Å². The number of ketones is 1. The van der Waals surface area contributed by atoms with Crippen molar-refractivity contribution in [1.82, 2.24) is 9.97 Å². The number of Topliss-reactive ketones (excluding diaryl/α,β-unsaturated/α-hetero) is 1. The Bertz CT molecular complexity index is 542. The molecule has 2 heterocycles. The maximum absolute atomic E-state index is 11.4. The summed E-state index contributed by atoms with van der Waals surface area (Å²) in [6.07, 6.45) is 3.41. The molecule has 2 rings (SSSR count). The van der Waals surface area contributed by atoms with Crippen molar-refractivity contribution < 1.29 is 4.79 Å². The summed E-state index contributed by atoms with van der Waals surface area (Å²) in [5, 5.41) is 6.32. The van der Waals surface area contributed by atoms with Crippen LogP contribution in [0, 0.1) is 0 Å². The number of rotatable bonds is 6. The van der Waals surface area contributed by atoms with E-state index >= 15 is 0 Å². The molecule has 0 unspecified atom stereocenters. The smallest absolute Gasteiger partial charge is 0.163 e. The number of nitrogens with zero attached hydrogens (tertiary/aromatic N) is 2. The Kier molecular flexibility index (Phi) is 4.44. The van der Waals surface area contributed by atoms with E-state index in [1.165, 1.54) is 6.92 Å². The molecule has 2 aromatic heterocycles. The van der Waals surface area contributed by atoms with Gasteiger partial charge in [0.25, 0.3) is 0 Å². The van der Waals surface area contributed by atoms with E-state index in [0.717, 1.165) is 5.82 Å². The van der Waals surface area contributed by atoms with Gasteiger partial charge in [0.05, 0.1) is 5.56 Å². The molecule has 0 fully saturated rings. The third kappa shape index (κ3) is 3.77. The van der Waals surface area contributed by atoms with Crippen molar-refractivity contribution >= 4 is 17.4 Å². The first kappa shape index (κ1) is 13.0. The van der Waals surface area contributed by atoms with E-state index in [0.29, 0.717) is 24.5 Å². The topological polar surface area (TPSA) is 66.9 Å². The van der Waals surface area contributed by atoms with Crippen LogP contribution in [0.2, 0.25) is 0 Å². The average Bonchev–Trinajstić information content (AvgIpc) is 2.45. The van der Waals surface area contributed by atoms with E-state index < -0.39 is 0 Å². The van der Waals surface area contributed by atoms with Gasteiger partial charge >= 0.3 is 0 Å². The van der Waals surface area contributed by atoms with E-state index in [2.05, 4.69) is 20.6 Å². The largest absolute Gasteiger partial charge is 0.368 e. The van der Waals surface area contributed by atoms with Crippen molar-refractivity contribution in [2.24, 2.45) is 0 Å². The van der Waals surface area contributed by atoms with Crippen LogP contribution in [0.25, 0.3) is 0 Å². The fraction of sp³-hybridized carbons (Fsp3) is 0.214. The van der Waals surface area contributed by atoms with E-state index in [1.807, 2.05) is 18.2 Å². The van der Waals surface area contributed by atoms with Crippen LogP contribution >= 0.6 is 0 Å². The average molecular weight is 256 g/mol. The highest BCUT2D eigenvalue weighted by Gasteiger charge is 2.06. The number of carbonyl (C=O) groups excluding carboxylic acids is 1. The number of hydrogen-bond acceptors (Lipinski definition) is 5. The van der Waals surface area contributed by atoms with Gasteiger partial charge in [-0.3, -0.25) is 4.79 Å². The van der Waals surface area contributed by atoms with Crippen LogP contribution < -0.4 is 10.6 Å². The summed E-state index contributed by atoms with van der Waals surface area (Å²) in [7, 11) is 0. The number of aromatic nitrogens is 2. The molecule has 5 heteroatoms. The van der Waals surface area contributed by atoms with E-state index in [1.54, 1.807) is 24.5 Å². The summed E-state index contributed by atoms with van der Waals surface area (Å²) in [5.41, 5.74) is 0.611. The van der Waals surface area contributed by atoms with Gasteiger partial charge in [-0.1, -0.05) is 6.07 Å². The molecule has 0 aliphatic rings. The number of anilines is 2. The predicted octanol–water partition coefficient (Wildman–Crippen LogP) is 2.20. The molecule has 0 saturated heterocycles. The lowest BCUT2D eigenvalue weighted by molar-refractivity contribution is 0.101. The van der Waals surface area contributed by atoms with Crippen LogP contribution in [0.15, 0.2) is 42.7 Å². The van der Waals surface area contributed by atoms with E-state index in [-0.39, 0.29) is 5.78 Å². The molecule has 0 bridgehead atoms. The summed E-state index contributed by atoms with van der Waals surface area (Å²) < 4.78 is 0. The van der Waals surface area contributed by atoms with Crippen LogP contribution in [0.1, 0.15) is 17.3 Å². The highest BCUT2D eigenvalue weighted by molar-refractivity contribution is 5.98. The Morgan fingerprint density at radius 2 is 1.84 bits per heavy atom. The molecule has 2 N–H and O–H groups in total. The molecule has 0 amide bonds. The molecule has 0 aliphatic heterocycles. The Labute approximate surface area is 112 Å². The zero-order valence-electron chi connectivity index (χ0n) is 10.8. The quantitative estimate of drug-likeness (QED) is 0.612. The Balaban J connectivity index is 1.85. The SMILES string of the molecule is CC(=O)c1cccnc1NCCNc1ccccn1. The van der Waals surface area contributed by atoms with Crippen molar-refractivity contribution in [3.05, 3.63) is 48.3 Å². The maximum atomic E-state index is 11.4. The predicted molar refractivity (Wildman–Crippen MR) is 75.5 cm³/mol. The lowest BCUT2D eigenvalue weighted by Crippen LogP contribution is -2.16. The van der Waals surface area contributed by atoms with Crippen molar-refractivity contribution in [1.29, 1.82) is 0 Å². The second kappa shape index (κ2) is 6.49. The first-order valence-electron chi connectivity index (χ1n) is 6.12. The van der Waals surface area contributed by atoms with Gasteiger partial charge in [0.15, 0.2) is 5.78 Å². The Morgan fingerprint density at radius 1 is 1.05 bits per heavy atom. The van der Waals surface area contributed by atoms with Crippen molar-refractivity contribution in [2.75, 3.05) is 23.7 Å². The number of carbonyl (C=O) groups is 1. The zero-order chi connectivity index (χ0) is 13.5. The monoisotopic (exact) mass is 256 g/mol. The first-order chi connectivity index (χ1) is 9.27. The molecule has 98 valence electrons. The molecule has 5 nitrogen and oxygen atoms in total. The minimum atomic E-state index is 0.00767. The molecule has 0 aliphatic carbocycles. The normalized spacial score (nSPS) is 9.95. The first-order valence-corrected chi connectivity index (χ1v) is 6.12. The second-order valence-corrected chi connectivity index (χ2v) is 4.02. The molecule has 0 atom stereocenters. The number of pyridine rings is 2. The van der Waals surface area contributed by atoms with Gasteiger partial charge in [0.1, 0.15) is 11.6 Å². The third-order valence-corrected chi connectivity index (χ3v) is 2.58. The van der Waals surface area contributed by atoms with Gasteiger partial charge in [-0.05, 0) is 31.2 Å². The van der Waals surface area contributed by atoms with Gasteiger partial charge < -0.3 is 10.6 Å². The standard InChI is InChI=1S/C14H16N4O/c1-11(19)12-5-4-8-17-14(12)18-10-9-16-13-6-2-3-7-15-13/h2-8H,9-10H2,1H3,(H,15,16)(H,17,18). The van der Waals surface area contributed by atoms with Crippen LogP contribution in [0.4, 0.5) is 11.6 Å². The highest BCUT2D eigenvalue weighted by Crippen LogP contribution is 2.11. The van der Waals surface area contributed by atoms with Crippen LogP contribution in [-0.4, -0.2) is 28.8 Å². The molecule has 0 spiro atoms. The van der Waals surface area contributed by atoms with Crippen molar-refractivity contribution in [3.63, 3.8) is 0 Å². The third-order valence-electron chi connectivity index (χ3n) is 2.58. The van der Waals surface area contributed by atoms with Gasteiger partial charge in [-0.2, -0.15) is 0 Å². The van der Waals surface area contributed by atoms with E-state index in [9.17, 15) is 4.79 Å². The van der Waals surface area contributed by atoms with Gasteiger partial charge in [0, 0.05) is 25.5 Å².